The summed E-state index contributed by atoms with van der Waals surface area (Å²) in [6, 6.07) is 10.9. The summed E-state index contributed by atoms with van der Waals surface area (Å²) in [7, 11) is 0. The van der Waals surface area contributed by atoms with Gasteiger partial charge in [-0.1, -0.05) is 13.3 Å². The number of ether oxygens (including phenoxy) is 1. The molecule has 0 unspecified atom stereocenters. The fourth-order valence-corrected chi connectivity index (χ4v) is 4.54. The SMILES string of the molecule is CCCCOC(=O)c1ccc(Nc2c(C(=O)N3CCSCC3)cnc3nc(C)ccc23)cc1.Cl. The van der Waals surface area contributed by atoms with Gasteiger partial charge in [-0.2, -0.15) is 11.8 Å². The smallest absolute Gasteiger partial charge is 0.338 e. The summed E-state index contributed by atoms with van der Waals surface area (Å²) in [5, 5.41) is 4.17. The molecule has 1 aliphatic heterocycles. The molecule has 34 heavy (non-hydrogen) atoms. The van der Waals surface area contributed by atoms with Crippen molar-refractivity contribution in [3.05, 3.63) is 59.4 Å². The highest BCUT2D eigenvalue weighted by Crippen LogP contribution is 2.30. The Balaban J connectivity index is 0.00000324. The Bertz CT molecular complexity index is 1150. The van der Waals surface area contributed by atoms with Crippen LogP contribution in [0.25, 0.3) is 11.0 Å². The van der Waals surface area contributed by atoms with Gasteiger partial charge in [-0.3, -0.25) is 4.79 Å². The van der Waals surface area contributed by atoms with E-state index in [-0.39, 0.29) is 24.3 Å². The number of fused-ring (bicyclic) bond motifs is 1. The molecular formula is C25H29ClN4O3S. The third kappa shape index (κ3) is 5.98. The van der Waals surface area contributed by atoms with Crippen LogP contribution in [-0.2, 0) is 4.74 Å². The Kier molecular flexibility index (Phi) is 9.12. The number of pyridine rings is 2. The standard InChI is InChI=1S/C25H28N4O3S.ClH/c1-3-4-13-32-25(31)18-6-8-19(9-7-18)28-22-20-10-5-17(2)27-23(20)26-16-21(22)24(30)29-11-14-33-15-12-29;/h5-10,16H,3-4,11-15H2,1-2H3,(H,26,27,28);1H. The number of benzene rings is 1. The van der Waals surface area contributed by atoms with Crippen molar-refractivity contribution in [2.45, 2.75) is 26.7 Å². The van der Waals surface area contributed by atoms with E-state index in [2.05, 4.69) is 22.2 Å². The zero-order chi connectivity index (χ0) is 23.2. The molecule has 1 aromatic carbocycles. The maximum Gasteiger partial charge on any atom is 0.338 e. The highest BCUT2D eigenvalue weighted by molar-refractivity contribution is 7.99. The van der Waals surface area contributed by atoms with E-state index in [4.69, 9.17) is 4.74 Å². The first-order chi connectivity index (χ1) is 16.1. The van der Waals surface area contributed by atoms with Crippen molar-refractivity contribution in [3.63, 3.8) is 0 Å². The molecule has 0 spiro atoms. The average Bonchev–Trinajstić information content (AvgIpc) is 2.84. The average molecular weight is 501 g/mol. The van der Waals surface area contributed by atoms with E-state index >= 15 is 0 Å². The zero-order valence-electron chi connectivity index (χ0n) is 19.4. The predicted octanol–water partition coefficient (Wildman–Crippen LogP) is 5.25. The van der Waals surface area contributed by atoms with Crippen LogP contribution < -0.4 is 5.32 Å². The fourth-order valence-electron chi connectivity index (χ4n) is 3.63. The number of aryl methyl sites for hydroxylation is 1. The van der Waals surface area contributed by atoms with Gasteiger partial charge in [0, 0.05) is 47.6 Å². The maximum absolute atomic E-state index is 13.3. The number of anilines is 2. The van der Waals surface area contributed by atoms with E-state index < -0.39 is 0 Å². The second kappa shape index (κ2) is 12.0. The van der Waals surface area contributed by atoms with Crippen molar-refractivity contribution in [3.8, 4) is 0 Å². The Hall–Kier alpha value is -2.84. The van der Waals surface area contributed by atoms with Crippen molar-refractivity contribution in [1.29, 1.82) is 0 Å². The predicted molar refractivity (Wildman–Crippen MR) is 140 cm³/mol. The largest absolute Gasteiger partial charge is 0.462 e. The van der Waals surface area contributed by atoms with Gasteiger partial charge in [0.2, 0.25) is 0 Å². The van der Waals surface area contributed by atoms with Gasteiger partial charge >= 0.3 is 5.97 Å². The van der Waals surface area contributed by atoms with Gasteiger partial charge in [0.05, 0.1) is 23.4 Å². The number of amides is 1. The first-order valence-corrected chi connectivity index (χ1v) is 12.4. The van der Waals surface area contributed by atoms with Crippen LogP contribution in [-0.4, -0.2) is 57.9 Å². The summed E-state index contributed by atoms with van der Waals surface area (Å²) in [4.78, 5) is 36.4. The minimum atomic E-state index is -0.331. The van der Waals surface area contributed by atoms with Gasteiger partial charge in [-0.25, -0.2) is 14.8 Å². The second-order valence-electron chi connectivity index (χ2n) is 7.97. The molecule has 3 heterocycles. The van der Waals surface area contributed by atoms with Crippen LogP contribution in [0.15, 0.2) is 42.6 Å². The van der Waals surface area contributed by atoms with E-state index in [9.17, 15) is 9.59 Å². The number of unbranched alkanes of at least 4 members (excludes halogenated alkanes) is 1. The number of halogens is 1. The lowest BCUT2D eigenvalue weighted by atomic mass is 10.1. The molecule has 0 bridgehead atoms. The number of thioether (sulfide) groups is 1. The van der Waals surface area contributed by atoms with Crippen molar-refractivity contribution < 1.29 is 14.3 Å². The summed E-state index contributed by atoms with van der Waals surface area (Å²) >= 11 is 1.86. The number of aromatic nitrogens is 2. The summed E-state index contributed by atoms with van der Waals surface area (Å²) in [6.07, 6.45) is 3.43. The normalized spacial score (nSPS) is 13.3. The van der Waals surface area contributed by atoms with E-state index in [1.807, 2.05) is 47.9 Å². The number of nitrogens with one attached hydrogen (secondary N) is 1. The molecule has 7 nitrogen and oxygen atoms in total. The highest BCUT2D eigenvalue weighted by Gasteiger charge is 2.23. The summed E-state index contributed by atoms with van der Waals surface area (Å²) in [5.74, 6) is 1.50. The van der Waals surface area contributed by atoms with Gasteiger partial charge in [-0.05, 0) is 49.7 Å². The van der Waals surface area contributed by atoms with E-state index in [1.54, 1.807) is 18.3 Å². The number of esters is 1. The zero-order valence-corrected chi connectivity index (χ0v) is 21.0. The molecule has 1 N–H and O–H groups in total. The molecule has 9 heteroatoms. The minimum Gasteiger partial charge on any atom is -0.462 e. The molecule has 2 aromatic heterocycles. The van der Waals surface area contributed by atoms with Crippen LogP contribution in [0.1, 0.15) is 46.2 Å². The molecule has 0 atom stereocenters. The van der Waals surface area contributed by atoms with E-state index in [0.717, 1.165) is 54.2 Å². The van der Waals surface area contributed by atoms with Crippen LogP contribution in [0.3, 0.4) is 0 Å². The van der Waals surface area contributed by atoms with Gasteiger partial charge in [0.1, 0.15) is 0 Å². The lowest BCUT2D eigenvalue weighted by molar-refractivity contribution is 0.0499. The second-order valence-corrected chi connectivity index (χ2v) is 9.19. The minimum absolute atomic E-state index is 0. The van der Waals surface area contributed by atoms with Crippen LogP contribution in [0.2, 0.25) is 0 Å². The topological polar surface area (TPSA) is 84.4 Å². The van der Waals surface area contributed by atoms with E-state index in [0.29, 0.717) is 29.1 Å². The Labute approximate surface area is 210 Å². The molecule has 4 rings (SSSR count). The van der Waals surface area contributed by atoms with Crippen molar-refractivity contribution in [2.75, 3.05) is 36.5 Å². The van der Waals surface area contributed by atoms with E-state index in [1.165, 1.54) is 0 Å². The number of rotatable bonds is 7. The van der Waals surface area contributed by atoms with Gasteiger partial charge in [0.15, 0.2) is 5.65 Å². The molecule has 0 radical (unpaired) electrons. The van der Waals surface area contributed by atoms with Crippen LogP contribution in [0.4, 0.5) is 11.4 Å². The number of carbonyl (C=O) groups is 2. The highest BCUT2D eigenvalue weighted by atomic mass is 35.5. The molecule has 1 aliphatic rings. The third-order valence-corrected chi connectivity index (χ3v) is 6.46. The number of carbonyl (C=O) groups excluding carboxylic acids is 2. The molecular weight excluding hydrogens is 472 g/mol. The quantitative estimate of drug-likeness (QED) is 0.350. The molecule has 3 aromatic rings. The summed E-state index contributed by atoms with van der Waals surface area (Å²) < 4.78 is 5.29. The van der Waals surface area contributed by atoms with Crippen molar-refractivity contribution >= 4 is 58.5 Å². The Morgan fingerprint density at radius 1 is 1.12 bits per heavy atom. The lowest BCUT2D eigenvalue weighted by Crippen LogP contribution is -2.38. The molecule has 1 saturated heterocycles. The lowest BCUT2D eigenvalue weighted by Gasteiger charge is -2.27. The third-order valence-electron chi connectivity index (χ3n) is 5.52. The van der Waals surface area contributed by atoms with Crippen LogP contribution in [0, 0.1) is 6.92 Å². The van der Waals surface area contributed by atoms with Crippen molar-refractivity contribution in [2.24, 2.45) is 0 Å². The fraction of sp³-hybridized carbons (Fsp3) is 0.360. The molecule has 1 fully saturated rings. The Morgan fingerprint density at radius 3 is 2.56 bits per heavy atom. The van der Waals surface area contributed by atoms with Gasteiger partial charge in [0.25, 0.3) is 5.91 Å². The molecule has 0 saturated carbocycles. The summed E-state index contributed by atoms with van der Waals surface area (Å²) in [5.41, 5.74) is 3.89. The van der Waals surface area contributed by atoms with Gasteiger partial charge in [-0.15, -0.1) is 12.4 Å². The maximum atomic E-state index is 13.3. The first kappa shape index (κ1) is 25.8. The van der Waals surface area contributed by atoms with Crippen LogP contribution in [0.5, 0.6) is 0 Å². The number of nitrogens with zero attached hydrogens (tertiary/aromatic N) is 3. The van der Waals surface area contributed by atoms with Crippen LogP contribution >= 0.6 is 24.2 Å². The van der Waals surface area contributed by atoms with Crippen molar-refractivity contribution in [1.82, 2.24) is 14.9 Å². The number of hydrogen-bond donors (Lipinski definition) is 1. The van der Waals surface area contributed by atoms with Gasteiger partial charge < -0.3 is 15.0 Å². The monoisotopic (exact) mass is 500 g/mol. The Morgan fingerprint density at radius 2 is 1.85 bits per heavy atom. The first-order valence-electron chi connectivity index (χ1n) is 11.2. The number of hydrogen-bond acceptors (Lipinski definition) is 7. The molecule has 1 amide bonds. The summed E-state index contributed by atoms with van der Waals surface area (Å²) in [6.45, 7) is 5.84. The molecule has 180 valence electrons. The molecule has 0 aliphatic carbocycles.